The molecule has 2 aromatic heterocycles. The van der Waals surface area contributed by atoms with E-state index in [4.69, 9.17) is 5.11 Å². The van der Waals surface area contributed by atoms with Crippen LogP contribution in [0.15, 0.2) is 64.2 Å². The van der Waals surface area contributed by atoms with Crippen LogP contribution < -0.4 is 11.2 Å². The standard InChI is InChI=1S/C23H21F3N4O3/c1-28-20-18(21(32)29(22(28)33)11-6-12-31)30(14-15-7-3-2-4-8-15)19(27-20)16-9-5-10-17(13-16)23(24,25)26/h2-5,7-10,13,31H,6,11-12,14H2,1H3. The van der Waals surface area contributed by atoms with Gasteiger partial charge in [0.15, 0.2) is 11.2 Å². The second-order valence-electron chi connectivity index (χ2n) is 7.63. The molecule has 0 unspecified atom stereocenters. The molecule has 0 fully saturated rings. The lowest BCUT2D eigenvalue weighted by atomic mass is 10.1. The Bertz CT molecular complexity index is 1420. The Labute approximate surface area is 186 Å². The summed E-state index contributed by atoms with van der Waals surface area (Å²) in [6, 6.07) is 13.8. The van der Waals surface area contributed by atoms with E-state index >= 15 is 0 Å². The van der Waals surface area contributed by atoms with Crippen LogP contribution in [0.2, 0.25) is 0 Å². The molecule has 4 aromatic rings. The summed E-state index contributed by atoms with van der Waals surface area (Å²) in [7, 11) is 1.45. The molecule has 0 radical (unpaired) electrons. The van der Waals surface area contributed by atoms with Gasteiger partial charge in [-0.1, -0.05) is 42.5 Å². The van der Waals surface area contributed by atoms with Gasteiger partial charge in [0.2, 0.25) is 0 Å². The van der Waals surface area contributed by atoms with Crippen molar-refractivity contribution in [3.8, 4) is 11.4 Å². The number of rotatable bonds is 6. The molecule has 2 aromatic carbocycles. The van der Waals surface area contributed by atoms with Crippen LogP contribution >= 0.6 is 0 Å². The van der Waals surface area contributed by atoms with Gasteiger partial charge < -0.3 is 9.67 Å². The average Bonchev–Trinajstić information content (AvgIpc) is 3.17. The number of fused-ring (bicyclic) bond motifs is 1. The molecule has 0 aliphatic heterocycles. The normalized spacial score (nSPS) is 11.9. The molecule has 7 nitrogen and oxygen atoms in total. The Balaban J connectivity index is 2.03. The fraction of sp³-hybridized carbons (Fsp3) is 0.261. The Hall–Kier alpha value is -3.66. The summed E-state index contributed by atoms with van der Waals surface area (Å²) < 4.78 is 43.8. The van der Waals surface area contributed by atoms with Crippen LogP contribution in [-0.4, -0.2) is 30.4 Å². The van der Waals surface area contributed by atoms with E-state index in [1.807, 2.05) is 30.3 Å². The lowest BCUT2D eigenvalue weighted by Gasteiger charge is -2.12. The topological polar surface area (TPSA) is 82.0 Å². The maximum absolute atomic E-state index is 13.3. The van der Waals surface area contributed by atoms with Crippen LogP contribution in [0, 0.1) is 0 Å². The van der Waals surface area contributed by atoms with Gasteiger partial charge in [0.1, 0.15) is 5.82 Å². The van der Waals surface area contributed by atoms with Crippen LogP contribution in [0.1, 0.15) is 17.5 Å². The van der Waals surface area contributed by atoms with Crippen molar-refractivity contribution in [2.24, 2.45) is 7.05 Å². The van der Waals surface area contributed by atoms with Gasteiger partial charge in [0, 0.05) is 32.3 Å². The zero-order valence-corrected chi connectivity index (χ0v) is 17.7. The number of benzene rings is 2. The zero-order chi connectivity index (χ0) is 23.8. The third kappa shape index (κ3) is 4.21. The molecule has 1 N–H and O–H groups in total. The molecule has 0 spiro atoms. The summed E-state index contributed by atoms with van der Waals surface area (Å²) in [6.45, 7) is -0.0316. The number of halogens is 3. The molecular formula is C23H21F3N4O3. The number of hydrogen-bond donors (Lipinski definition) is 1. The molecule has 172 valence electrons. The number of aliphatic hydroxyl groups excluding tert-OH is 1. The van der Waals surface area contributed by atoms with Crippen molar-refractivity contribution in [1.82, 2.24) is 18.7 Å². The van der Waals surface area contributed by atoms with Gasteiger partial charge in [-0.25, -0.2) is 9.78 Å². The first-order valence-electron chi connectivity index (χ1n) is 10.2. The van der Waals surface area contributed by atoms with Crippen LogP contribution in [0.4, 0.5) is 13.2 Å². The molecule has 0 bridgehead atoms. The summed E-state index contributed by atoms with van der Waals surface area (Å²) in [4.78, 5) is 30.5. The monoisotopic (exact) mass is 458 g/mol. The fourth-order valence-electron chi connectivity index (χ4n) is 3.77. The summed E-state index contributed by atoms with van der Waals surface area (Å²) in [6.07, 6.45) is -4.34. The van der Waals surface area contributed by atoms with Gasteiger partial charge in [-0.15, -0.1) is 0 Å². The van der Waals surface area contributed by atoms with Crippen LogP contribution in [0.25, 0.3) is 22.6 Å². The fourth-order valence-corrected chi connectivity index (χ4v) is 3.77. The molecule has 0 saturated heterocycles. The predicted octanol–water partition coefficient (Wildman–Crippen LogP) is 3.01. The molecule has 0 amide bonds. The minimum absolute atomic E-state index is 0.00730. The number of hydrogen-bond acceptors (Lipinski definition) is 4. The lowest BCUT2D eigenvalue weighted by Crippen LogP contribution is -2.39. The van der Waals surface area contributed by atoms with Gasteiger partial charge in [-0.05, 0) is 24.1 Å². The number of imidazole rings is 1. The van der Waals surface area contributed by atoms with E-state index in [1.54, 1.807) is 0 Å². The van der Waals surface area contributed by atoms with Crippen molar-refractivity contribution >= 4 is 11.2 Å². The lowest BCUT2D eigenvalue weighted by molar-refractivity contribution is -0.137. The maximum Gasteiger partial charge on any atom is 0.416 e. The highest BCUT2D eigenvalue weighted by molar-refractivity contribution is 5.77. The van der Waals surface area contributed by atoms with Gasteiger partial charge in [-0.3, -0.25) is 13.9 Å². The first-order valence-corrected chi connectivity index (χ1v) is 10.2. The molecular weight excluding hydrogens is 437 g/mol. The van der Waals surface area contributed by atoms with E-state index in [2.05, 4.69) is 4.98 Å². The number of nitrogens with zero attached hydrogens (tertiary/aromatic N) is 4. The first kappa shape index (κ1) is 22.5. The molecule has 4 rings (SSSR count). The van der Waals surface area contributed by atoms with Crippen molar-refractivity contribution < 1.29 is 18.3 Å². The molecule has 33 heavy (non-hydrogen) atoms. The molecule has 0 aliphatic rings. The molecule has 0 saturated carbocycles. The summed E-state index contributed by atoms with van der Waals surface area (Å²) in [5, 5.41) is 9.15. The van der Waals surface area contributed by atoms with Gasteiger partial charge in [0.05, 0.1) is 5.56 Å². The number of aryl methyl sites for hydroxylation is 1. The van der Waals surface area contributed by atoms with Gasteiger partial charge in [0.25, 0.3) is 5.56 Å². The SMILES string of the molecule is Cn1c(=O)n(CCCO)c(=O)c2c1nc(-c1cccc(C(F)(F)F)c1)n2Cc1ccccc1. The minimum Gasteiger partial charge on any atom is -0.396 e. The predicted molar refractivity (Wildman–Crippen MR) is 117 cm³/mol. The van der Waals surface area contributed by atoms with Crippen molar-refractivity contribution in [1.29, 1.82) is 0 Å². The van der Waals surface area contributed by atoms with E-state index in [-0.39, 0.29) is 48.7 Å². The Morgan fingerprint density at radius 2 is 1.73 bits per heavy atom. The second kappa shape index (κ2) is 8.70. The Morgan fingerprint density at radius 3 is 2.39 bits per heavy atom. The smallest absolute Gasteiger partial charge is 0.396 e. The Morgan fingerprint density at radius 1 is 1.00 bits per heavy atom. The molecule has 2 heterocycles. The first-order chi connectivity index (χ1) is 15.7. The zero-order valence-electron chi connectivity index (χ0n) is 17.7. The third-order valence-electron chi connectivity index (χ3n) is 5.40. The van der Waals surface area contributed by atoms with Crippen LogP contribution in [0.3, 0.4) is 0 Å². The van der Waals surface area contributed by atoms with Crippen LogP contribution in [-0.2, 0) is 26.3 Å². The highest BCUT2D eigenvalue weighted by Gasteiger charge is 2.31. The van der Waals surface area contributed by atoms with Gasteiger partial charge >= 0.3 is 11.9 Å². The van der Waals surface area contributed by atoms with E-state index in [0.717, 1.165) is 22.3 Å². The minimum atomic E-state index is -4.55. The highest BCUT2D eigenvalue weighted by Crippen LogP contribution is 2.32. The quantitative estimate of drug-likeness (QED) is 0.482. The van der Waals surface area contributed by atoms with Crippen molar-refractivity contribution in [3.63, 3.8) is 0 Å². The maximum atomic E-state index is 13.3. The number of aromatic nitrogens is 4. The molecule has 0 atom stereocenters. The van der Waals surface area contributed by atoms with Crippen molar-refractivity contribution in [2.75, 3.05) is 6.61 Å². The van der Waals surface area contributed by atoms with E-state index in [0.29, 0.717) is 0 Å². The summed E-state index contributed by atoms with van der Waals surface area (Å²) in [5.41, 5.74) is -0.900. The number of aliphatic hydroxyl groups is 1. The van der Waals surface area contributed by atoms with E-state index in [9.17, 15) is 22.8 Å². The summed E-state index contributed by atoms with van der Waals surface area (Å²) in [5.74, 6) is 0.145. The summed E-state index contributed by atoms with van der Waals surface area (Å²) >= 11 is 0. The second-order valence-corrected chi connectivity index (χ2v) is 7.63. The molecule has 0 aliphatic carbocycles. The average molecular weight is 458 g/mol. The largest absolute Gasteiger partial charge is 0.416 e. The Kier molecular flexibility index (Phi) is 5.94. The number of alkyl halides is 3. The van der Waals surface area contributed by atoms with Crippen LogP contribution in [0.5, 0.6) is 0 Å². The van der Waals surface area contributed by atoms with Crippen molar-refractivity contribution in [2.45, 2.75) is 25.7 Å². The van der Waals surface area contributed by atoms with E-state index in [1.165, 1.54) is 28.3 Å². The van der Waals surface area contributed by atoms with Gasteiger partial charge in [-0.2, -0.15) is 13.2 Å². The molecule has 10 heteroatoms. The van der Waals surface area contributed by atoms with E-state index < -0.39 is 23.0 Å². The highest BCUT2D eigenvalue weighted by atomic mass is 19.4. The van der Waals surface area contributed by atoms with Crippen molar-refractivity contribution in [3.05, 3.63) is 86.6 Å². The third-order valence-corrected chi connectivity index (χ3v) is 5.40.